The minimum absolute atomic E-state index is 0.0975. The summed E-state index contributed by atoms with van der Waals surface area (Å²) in [6.45, 7) is 4.12. The number of nitrogens with zero attached hydrogens (tertiary/aromatic N) is 2. The van der Waals surface area contributed by atoms with Crippen LogP contribution in [0.2, 0.25) is 0 Å². The van der Waals surface area contributed by atoms with Gasteiger partial charge in [-0.2, -0.15) is 0 Å². The van der Waals surface area contributed by atoms with Gasteiger partial charge in [0.05, 0.1) is 11.4 Å². The molecule has 0 aliphatic rings. The van der Waals surface area contributed by atoms with E-state index < -0.39 is 0 Å². The van der Waals surface area contributed by atoms with Gasteiger partial charge >= 0.3 is 0 Å². The van der Waals surface area contributed by atoms with Crippen molar-refractivity contribution in [1.82, 2.24) is 15.0 Å². The molecule has 0 aliphatic heterocycles. The first-order chi connectivity index (χ1) is 14.1. The van der Waals surface area contributed by atoms with Gasteiger partial charge in [0.1, 0.15) is 10.9 Å². The SMILES string of the molecule is Cc1ccc(-c2nc(SCC(=O)Nc3nccs3)c(-c3ccc(C)cc3)[nH]2)cc1. The van der Waals surface area contributed by atoms with Crippen LogP contribution in [0, 0.1) is 13.8 Å². The lowest BCUT2D eigenvalue weighted by Crippen LogP contribution is -2.13. The molecular formula is C22H20N4OS2. The Morgan fingerprint density at radius 1 is 1.03 bits per heavy atom. The van der Waals surface area contributed by atoms with Crippen LogP contribution in [0.5, 0.6) is 0 Å². The maximum atomic E-state index is 12.3. The summed E-state index contributed by atoms with van der Waals surface area (Å²) in [5.41, 5.74) is 5.39. The Bertz CT molecular complexity index is 1100. The first kappa shape index (κ1) is 19.4. The number of aromatic nitrogens is 3. The number of imidazole rings is 1. The Hall–Kier alpha value is -2.90. The van der Waals surface area contributed by atoms with Gasteiger partial charge in [-0.15, -0.1) is 11.3 Å². The molecule has 0 saturated carbocycles. The number of nitrogens with one attached hydrogen (secondary N) is 2. The molecule has 0 bridgehead atoms. The molecule has 0 spiro atoms. The van der Waals surface area contributed by atoms with E-state index in [1.807, 2.05) is 5.38 Å². The summed E-state index contributed by atoms with van der Waals surface area (Å²) >= 11 is 2.82. The lowest BCUT2D eigenvalue weighted by Gasteiger charge is -2.04. The fraction of sp³-hybridized carbons (Fsp3) is 0.136. The molecule has 4 rings (SSSR count). The molecule has 0 atom stereocenters. The monoisotopic (exact) mass is 420 g/mol. The summed E-state index contributed by atoms with van der Waals surface area (Å²) in [6, 6.07) is 16.5. The molecule has 2 aromatic heterocycles. The highest BCUT2D eigenvalue weighted by Gasteiger charge is 2.16. The molecule has 0 unspecified atom stereocenters. The predicted molar refractivity (Wildman–Crippen MR) is 120 cm³/mol. The van der Waals surface area contributed by atoms with E-state index in [2.05, 4.69) is 77.7 Å². The number of carbonyl (C=O) groups is 1. The number of aromatic amines is 1. The molecule has 2 heterocycles. The van der Waals surface area contributed by atoms with Crippen LogP contribution in [0.4, 0.5) is 5.13 Å². The third-order valence-electron chi connectivity index (χ3n) is 4.35. The highest BCUT2D eigenvalue weighted by Crippen LogP contribution is 2.33. The van der Waals surface area contributed by atoms with Crippen LogP contribution in [0.3, 0.4) is 0 Å². The summed E-state index contributed by atoms with van der Waals surface area (Å²) in [7, 11) is 0. The summed E-state index contributed by atoms with van der Waals surface area (Å²) < 4.78 is 0. The Kier molecular flexibility index (Phi) is 5.78. The maximum Gasteiger partial charge on any atom is 0.236 e. The summed E-state index contributed by atoms with van der Waals surface area (Å²) in [6.07, 6.45) is 1.67. The van der Waals surface area contributed by atoms with Crippen molar-refractivity contribution in [3.05, 3.63) is 71.2 Å². The number of aryl methyl sites for hydroxylation is 2. The predicted octanol–water partition coefficient (Wildman–Crippen LogP) is 5.55. The van der Waals surface area contributed by atoms with E-state index in [4.69, 9.17) is 4.98 Å². The molecule has 5 nitrogen and oxygen atoms in total. The van der Waals surface area contributed by atoms with Crippen molar-refractivity contribution in [3.63, 3.8) is 0 Å². The normalized spacial score (nSPS) is 10.8. The zero-order chi connectivity index (χ0) is 20.2. The van der Waals surface area contributed by atoms with Crippen LogP contribution < -0.4 is 5.32 Å². The molecule has 0 saturated heterocycles. The number of anilines is 1. The van der Waals surface area contributed by atoms with Crippen LogP contribution in [-0.4, -0.2) is 26.6 Å². The van der Waals surface area contributed by atoms with Crippen LogP contribution in [0.15, 0.2) is 65.1 Å². The molecular weight excluding hydrogens is 400 g/mol. The van der Waals surface area contributed by atoms with Crippen molar-refractivity contribution < 1.29 is 4.79 Å². The van der Waals surface area contributed by atoms with Crippen molar-refractivity contribution in [2.75, 3.05) is 11.1 Å². The standard InChI is InChI=1S/C22H20N4OS2/c1-14-3-7-16(8-4-14)19-21(29-13-18(27)24-22-23-11-12-28-22)26-20(25-19)17-9-5-15(2)6-10-17/h3-12H,13H2,1-2H3,(H,25,26)(H,23,24,27). The minimum Gasteiger partial charge on any atom is -0.337 e. The Morgan fingerprint density at radius 3 is 2.31 bits per heavy atom. The van der Waals surface area contributed by atoms with Crippen molar-refractivity contribution in [3.8, 4) is 22.6 Å². The molecule has 4 aromatic rings. The van der Waals surface area contributed by atoms with E-state index in [-0.39, 0.29) is 11.7 Å². The molecule has 146 valence electrons. The average molecular weight is 421 g/mol. The number of hydrogen-bond donors (Lipinski definition) is 2. The lowest BCUT2D eigenvalue weighted by molar-refractivity contribution is -0.113. The van der Waals surface area contributed by atoms with Gasteiger partial charge in [-0.1, -0.05) is 71.4 Å². The molecule has 0 aliphatic carbocycles. The molecule has 2 aromatic carbocycles. The number of carbonyl (C=O) groups excluding carboxylic acids is 1. The van der Waals surface area contributed by atoms with E-state index in [0.29, 0.717) is 5.13 Å². The first-order valence-electron chi connectivity index (χ1n) is 9.15. The van der Waals surface area contributed by atoms with Gasteiger partial charge in [0.15, 0.2) is 5.13 Å². The van der Waals surface area contributed by atoms with Crippen LogP contribution in [0.1, 0.15) is 11.1 Å². The lowest BCUT2D eigenvalue weighted by atomic mass is 10.1. The van der Waals surface area contributed by atoms with Crippen LogP contribution in [-0.2, 0) is 4.79 Å². The highest BCUT2D eigenvalue weighted by molar-refractivity contribution is 8.00. The number of thiazole rings is 1. The Morgan fingerprint density at radius 2 is 1.69 bits per heavy atom. The molecule has 1 amide bonds. The molecule has 0 radical (unpaired) electrons. The summed E-state index contributed by atoms with van der Waals surface area (Å²) in [5, 5.41) is 6.06. The molecule has 29 heavy (non-hydrogen) atoms. The van der Waals surface area contributed by atoms with Gasteiger partial charge in [0.25, 0.3) is 0 Å². The van der Waals surface area contributed by atoms with Gasteiger partial charge in [-0.3, -0.25) is 4.79 Å². The van der Waals surface area contributed by atoms with Gasteiger partial charge in [0.2, 0.25) is 5.91 Å². The number of thioether (sulfide) groups is 1. The second-order valence-electron chi connectivity index (χ2n) is 6.67. The number of amides is 1. The number of rotatable bonds is 6. The van der Waals surface area contributed by atoms with Gasteiger partial charge < -0.3 is 10.3 Å². The Labute approximate surface area is 177 Å². The van der Waals surface area contributed by atoms with E-state index in [9.17, 15) is 4.79 Å². The third-order valence-corrected chi connectivity index (χ3v) is 6.02. The smallest absolute Gasteiger partial charge is 0.236 e. The van der Waals surface area contributed by atoms with Crippen molar-refractivity contribution in [2.24, 2.45) is 0 Å². The van der Waals surface area contributed by atoms with Crippen molar-refractivity contribution in [2.45, 2.75) is 18.9 Å². The quantitative estimate of drug-likeness (QED) is 0.401. The number of hydrogen-bond acceptors (Lipinski definition) is 5. The number of H-pyrrole nitrogens is 1. The molecule has 2 N–H and O–H groups in total. The fourth-order valence-corrected chi connectivity index (χ4v) is 4.15. The Balaban J connectivity index is 1.60. The van der Waals surface area contributed by atoms with Crippen LogP contribution in [0.25, 0.3) is 22.6 Å². The van der Waals surface area contributed by atoms with Gasteiger partial charge in [-0.25, -0.2) is 9.97 Å². The molecule has 0 fully saturated rings. The fourth-order valence-electron chi connectivity index (χ4n) is 2.80. The number of benzene rings is 2. The third kappa shape index (κ3) is 4.75. The average Bonchev–Trinajstić information content (AvgIpc) is 3.37. The van der Waals surface area contributed by atoms with Crippen molar-refractivity contribution in [1.29, 1.82) is 0 Å². The van der Waals surface area contributed by atoms with Crippen LogP contribution >= 0.6 is 23.1 Å². The minimum atomic E-state index is -0.0975. The van der Waals surface area contributed by atoms with E-state index in [0.717, 1.165) is 27.7 Å². The highest BCUT2D eigenvalue weighted by atomic mass is 32.2. The van der Waals surface area contributed by atoms with E-state index >= 15 is 0 Å². The van der Waals surface area contributed by atoms with E-state index in [1.165, 1.54) is 34.2 Å². The maximum absolute atomic E-state index is 12.3. The summed E-state index contributed by atoms with van der Waals surface area (Å²) in [5.74, 6) is 0.958. The second-order valence-corrected chi connectivity index (χ2v) is 8.53. The zero-order valence-electron chi connectivity index (χ0n) is 16.1. The topological polar surface area (TPSA) is 70.7 Å². The molecule has 7 heteroatoms. The first-order valence-corrected chi connectivity index (χ1v) is 11.0. The zero-order valence-corrected chi connectivity index (χ0v) is 17.7. The van der Waals surface area contributed by atoms with Crippen molar-refractivity contribution >= 4 is 34.1 Å². The van der Waals surface area contributed by atoms with Gasteiger partial charge in [0, 0.05) is 22.7 Å². The summed E-state index contributed by atoms with van der Waals surface area (Å²) in [4.78, 5) is 24.6. The second kappa shape index (κ2) is 8.63. The van der Waals surface area contributed by atoms with Gasteiger partial charge in [-0.05, 0) is 13.8 Å². The van der Waals surface area contributed by atoms with E-state index in [1.54, 1.807) is 6.20 Å². The largest absolute Gasteiger partial charge is 0.337 e.